The van der Waals surface area contributed by atoms with Crippen LogP contribution in [0.5, 0.6) is 0 Å². The highest BCUT2D eigenvalue weighted by Crippen LogP contribution is 2.27. The number of rotatable bonds is 5. The first kappa shape index (κ1) is 20.9. The molecule has 0 radical (unpaired) electrons. The summed E-state index contributed by atoms with van der Waals surface area (Å²) in [4.78, 5) is 9.36. The van der Waals surface area contributed by atoms with E-state index in [1.165, 1.54) is 0 Å². The van der Waals surface area contributed by atoms with Crippen LogP contribution in [0.25, 0.3) is 34.3 Å². The maximum Gasteiger partial charge on any atom is 0.268 e. The second-order valence-corrected chi connectivity index (χ2v) is 10.1. The van der Waals surface area contributed by atoms with Crippen molar-refractivity contribution in [1.82, 2.24) is 20.2 Å². The van der Waals surface area contributed by atoms with Crippen molar-refractivity contribution in [2.24, 2.45) is 0 Å². The molecule has 0 bridgehead atoms. The number of hydrogen-bond donors (Lipinski definition) is 0. The van der Waals surface area contributed by atoms with Crippen LogP contribution in [-0.2, 0) is 9.84 Å². The molecule has 0 saturated heterocycles. The van der Waals surface area contributed by atoms with Gasteiger partial charge in [-0.25, -0.2) is 13.4 Å². The highest BCUT2D eigenvalue weighted by molar-refractivity contribution is 7.92. The molecule has 4 aromatic rings. The monoisotopic (exact) mass is 434 g/mol. The Morgan fingerprint density at radius 1 is 0.903 bits per heavy atom. The molecule has 0 fully saturated rings. The van der Waals surface area contributed by atoms with Gasteiger partial charge in [-0.05, 0) is 52.0 Å². The van der Waals surface area contributed by atoms with Gasteiger partial charge >= 0.3 is 0 Å². The molecule has 2 aromatic heterocycles. The van der Waals surface area contributed by atoms with E-state index in [0.717, 1.165) is 16.7 Å². The van der Waals surface area contributed by atoms with E-state index in [9.17, 15) is 8.42 Å². The van der Waals surface area contributed by atoms with Crippen molar-refractivity contribution >= 4 is 9.84 Å². The average Bonchev–Trinajstić information content (AvgIpc) is 3.24. The molecule has 158 valence electrons. The van der Waals surface area contributed by atoms with Crippen LogP contribution in [-0.4, -0.2) is 33.8 Å². The van der Waals surface area contributed by atoms with Gasteiger partial charge in [-0.3, -0.25) is 4.98 Å². The Kier molecular flexibility index (Phi) is 5.41. The second kappa shape index (κ2) is 8.03. The molecular formula is C23H22N4O3S. The van der Waals surface area contributed by atoms with Crippen molar-refractivity contribution < 1.29 is 12.8 Å². The largest absolute Gasteiger partial charge is 0.415 e. The number of aromatic nitrogens is 4. The molecule has 2 heterocycles. The maximum absolute atomic E-state index is 12.3. The summed E-state index contributed by atoms with van der Waals surface area (Å²) in [6.07, 6.45) is 1.64. The smallest absolute Gasteiger partial charge is 0.268 e. The molecule has 0 N–H and O–H groups in total. The summed E-state index contributed by atoms with van der Waals surface area (Å²) in [6, 6.07) is 14.4. The van der Waals surface area contributed by atoms with Crippen LogP contribution in [0.15, 0.2) is 64.0 Å². The van der Waals surface area contributed by atoms with Crippen LogP contribution >= 0.6 is 0 Å². The highest BCUT2D eigenvalue weighted by atomic mass is 32.2. The number of sulfone groups is 1. The quantitative estimate of drug-likeness (QED) is 0.450. The fraction of sp³-hybridized carbons (Fsp3) is 0.217. The van der Waals surface area contributed by atoms with Gasteiger partial charge in [0, 0.05) is 11.1 Å². The lowest BCUT2D eigenvalue weighted by molar-refractivity contribution is 0.581. The predicted molar refractivity (Wildman–Crippen MR) is 118 cm³/mol. The minimum Gasteiger partial charge on any atom is -0.415 e. The van der Waals surface area contributed by atoms with Gasteiger partial charge in [-0.1, -0.05) is 29.8 Å². The molecule has 4 rings (SSSR count). The fourth-order valence-electron chi connectivity index (χ4n) is 3.09. The van der Waals surface area contributed by atoms with Crippen LogP contribution < -0.4 is 0 Å². The van der Waals surface area contributed by atoms with E-state index in [-0.39, 0.29) is 10.8 Å². The van der Waals surface area contributed by atoms with Crippen molar-refractivity contribution in [2.45, 2.75) is 37.8 Å². The van der Waals surface area contributed by atoms with E-state index >= 15 is 0 Å². The fourth-order valence-corrected chi connectivity index (χ4v) is 4.15. The number of aryl methyl sites for hydroxylation is 2. The summed E-state index contributed by atoms with van der Waals surface area (Å²) in [6.45, 7) is 7.14. The third-order valence-corrected chi connectivity index (χ3v) is 7.12. The molecule has 0 aliphatic rings. The number of benzene rings is 2. The molecule has 0 aliphatic carbocycles. The van der Waals surface area contributed by atoms with E-state index in [1.54, 1.807) is 44.3 Å². The topological polar surface area (TPSA) is 98.8 Å². The Labute approximate surface area is 181 Å². The van der Waals surface area contributed by atoms with Gasteiger partial charge in [-0.15, -0.1) is 10.2 Å². The number of nitrogens with zero attached hydrogens (tertiary/aromatic N) is 4. The average molecular weight is 435 g/mol. The lowest BCUT2D eigenvalue weighted by Gasteiger charge is -2.09. The Bertz CT molecular complexity index is 1340. The van der Waals surface area contributed by atoms with Gasteiger partial charge in [0.2, 0.25) is 5.89 Å². The molecule has 7 nitrogen and oxygen atoms in total. The summed E-state index contributed by atoms with van der Waals surface area (Å²) >= 11 is 0. The molecule has 0 spiro atoms. The molecule has 0 aliphatic heterocycles. The minimum atomic E-state index is -3.33. The van der Waals surface area contributed by atoms with Crippen molar-refractivity contribution in [3.63, 3.8) is 0 Å². The Morgan fingerprint density at radius 3 is 2.29 bits per heavy atom. The molecule has 31 heavy (non-hydrogen) atoms. The first-order valence-electron chi connectivity index (χ1n) is 9.84. The summed E-state index contributed by atoms with van der Waals surface area (Å²) in [5.41, 5.74) is 4.41. The van der Waals surface area contributed by atoms with E-state index in [4.69, 9.17) is 4.42 Å². The van der Waals surface area contributed by atoms with Crippen LogP contribution in [0.4, 0.5) is 0 Å². The zero-order valence-corrected chi connectivity index (χ0v) is 18.5. The first-order valence-corrected chi connectivity index (χ1v) is 11.4. The van der Waals surface area contributed by atoms with E-state index in [0.29, 0.717) is 23.0 Å². The predicted octanol–water partition coefficient (Wildman–Crippen LogP) is 4.66. The molecule has 8 heteroatoms. The Hall–Kier alpha value is -3.39. The van der Waals surface area contributed by atoms with Crippen molar-refractivity contribution in [3.05, 3.63) is 66.0 Å². The SMILES string of the molecule is Cc1cccc(-c2nnc(-c3nc(-c4ccc(S(=O)(=O)C(C)C)cc4)cnc3C)o2)c1. The molecule has 0 unspecified atom stereocenters. The van der Waals surface area contributed by atoms with Gasteiger partial charge < -0.3 is 4.42 Å². The van der Waals surface area contributed by atoms with Crippen molar-refractivity contribution in [1.29, 1.82) is 0 Å². The van der Waals surface area contributed by atoms with Gasteiger partial charge in [-0.2, -0.15) is 0 Å². The normalized spacial score (nSPS) is 11.8. The van der Waals surface area contributed by atoms with Crippen LogP contribution in [0, 0.1) is 13.8 Å². The van der Waals surface area contributed by atoms with Crippen molar-refractivity contribution in [3.8, 4) is 34.3 Å². The maximum atomic E-state index is 12.3. The molecule has 0 saturated carbocycles. The zero-order chi connectivity index (χ0) is 22.2. The first-order chi connectivity index (χ1) is 14.8. The van der Waals surface area contributed by atoms with E-state index in [1.807, 2.05) is 38.1 Å². The summed E-state index contributed by atoms with van der Waals surface area (Å²) in [7, 11) is -3.33. The summed E-state index contributed by atoms with van der Waals surface area (Å²) in [5.74, 6) is 0.691. The summed E-state index contributed by atoms with van der Waals surface area (Å²) in [5, 5.41) is 7.82. The Balaban J connectivity index is 1.69. The third kappa shape index (κ3) is 4.11. The number of hydrogen-bond acceptors (Lipinski definition) is 7. The van der Waals surface area contributed by atoms with Crippen molar-refractivity contribution in [2.75, 3.05) is 0 Å². The van der Waals surface area contributed by atoms with Gasteiger partial charge in [0.05, 0.1) is 27.7 Å². The highest BCUT2D eigenvalue weighted by Gasteiger charge is 2.20. The second-order valence-electron chi connectivity index (χ2n) is 7.59. The van der Waals surface area contributed by atoms with Gasteiger partial charge in [0.25, 0.3) is 5.89 Å². The molecular weight excluding hydrogens is 412 g/mol. The summed E-state index contributed by atoms with van der Waals surface area (Å²) < 4.78 is 30.6. The molecule has 0 amide bonds. The van der Waals surface area contributed by atoms with Gasteiger partial charge in [0.1, 0.15) is 5.69 Å². The van der Waals surface area contributed by atoms with E-state index < -0.39 is 15.1 Å². The van der Waals surface area contributed by atoms with Crippen LogP contribution in [0.1, 0.15) is 25.1 Å². The molecule has 0 atom stereocenters. The van der Waals surface area contributed by atoms with Gasteiger partial charge in [0.15, 0.2) is 9.84 Å². The third-order valence-electron chi connectivity index (χ3n) is 4.95. The van der Waals surface area contributed by atoms with Crippen LogP contribution in [0.3, 0.4) is 0 Å². The van der Waals surface area contributed by atoms with Crippen LogP contribution in [0.2, 0.25) is 0 Å². The minimum absolute atomic E-state index is 0.280. The molecule has 2 aromatic carbocycles. The lowest BCUT2D eigenvalue weighted by atomic mass is 10.1. The Morgan fingerprint density at radius 2 is 1.61 bits per heavy atom. The van der Waals surface area contributed by atoms with E-state index in [2.05, 4.69) is 20.2 Å². The standard InChI is InChI=1S/C23H22N4O3S/c1-14(2)31(28,29)19-10-8-17(9-11-19)20-13-24-16(4)21(25-20)23-27-26-22(30-23)18-7-5-6-15(3)12-18/h5-14H,1-4H3. The zero-order valence-electron chi connectivity index (χ0n) is 17.7. The lowest BCUT2D eigenvalue weighted by Crippen LogP contribution is -2.13.